The molecule has 0 spiro atoms. The summed E-state index contributed by atoms with van der Waals surface area (Å²) in [7, 11) is 1.46. The Morgan fingerprint density at radius 1 is 1.40 bits per heavy atom. The number of pyridine rings is 1. The van der Waals surface area contributed by atoms with Gasteiger partial charge in [0.1, 0.15) is 11.4 Å². The number of halogens is 2. The van der Waals surface area contributed by atoms with Gasteiger partial charge in [-0.25, -0.2) is 14.4 Å². The monoisotopic (exact) mass is 429 g/mol. The zero-order valence-electron chi connectivity index (χ0n) is 15.9. The van der Waals surface area contributed by atoms with Crippen LogP contribution in [0.3, 0.4) is 0 Å². The highest BCUT2D eigenvalue weighted by atomic mass is 35.5. The molecule has 10 heteroatoms. The first-order valence-electron chi connectivity index (χ1n) is 9.01. The molecule has 2 heterocycles. The van der Waals surface area contributed by atoms with Gasteiger partial charge in [0.25, 0.3) is 5.91 Å². The molecule has 0 aliphatic heterocycles. The molecule has 8 nitrogen and oxygen atoms in total. The van der Waals surface area contributed by atoms with E-state index in [0.29, 0.717) is 39.7 Å². The molecule has 4 rings (SSSR count). The van der Waals surface area contributed by atoms with Gasteiger partial charge < -0.3 is 21.0 Å². The summed E-state index contributed by atoms with van der Waals surface area (Å²) in [5.41, 5.74) is 5.64. The van der Waals surface area contributed by atoms with Crippen LogP contribution in [0.4, 0.5) is 10.2 Å². The Kier molecular flexibility index (Phi) is 4.90. The molecule has 1 fully saturated rings. The van der Waals surface area contributed by atoms with Crippen LogP contribution in [0, 0.1) is 11.0 Å². The fourth-order valence-electron chi connectivity index (χ4n) is 3.31. The van der Waals surface area contributed by atoms with Crippen molar-refractivity contribution in [3.05, 3.63) is 70.0 Å². The summed E-state index contributed by atoms with van der Waals surface area (Å²) >= 11 is 5.99. The smallest absolute Gasteiger partial charge is 0.255 e. The summed E-state index contributed by atoms with van der Waals surface area (Å²) in [6.45, 7) is 0. The number of nitrogens with two attached hydrogens (primary N) is 1. The van der Waals surface area contributed by atoms with Crippen LogP contribution < -0.4 is 20.5 Å². The van der Waals surface area contributed by atoms with Crippen LogP contribution in [0.15, 0.2) is 42.9 Å². The molecule has 1 aliphatic carbocycles. The molecule has 0 saturated heterocycles. The van der Waals surface area contributed by atoms with E-state index in [4.69, 9.17) is 22.1 Å². The highest BCUT2D eigenvalue weighted by Crippen LogP contribution is 2.50. The number of methoxy groups -OCH3 is 1. The van der Waals surface area contributed by atoms with Crippen molar-refractivity contribution < 1.29 is 18.7 Å². The Hall–Kier alpha value is -3.46. The van der Waals surface area contributed by atoms with Crippen LogP contribution in [0.25, 0.3) is 11.4 Å². The van der Waals surface area contributed by atoms with Crippen LogP contribution in [0.5, 0.6) is 5.75 Å². The predicted molar refractivity (Wildman–Crippen MR) is 107 cm³/mol. The topological polar surface area (TPSA) is 117 Å². The maximum Gasteiger partial charge on any atom is 0.255 e. The molecule has 1 amide bonds. The highest BCUT2D eigenvalue weighted by Gasteiger charge is 2.48. The highest BCUT2D eigenvalue weighted by molar-refractivity contribution is 6.30. The Morgan fingerprint density at radius 3 is 2.83 bits per heavy atom. The lowest BCUT2D eigenvalue weighted by Crippen LogP contribution is -2.32. The number of ether oxygens (including phenoxy) is 1. The third-order valence-electron chi connectivity index (χ3n) is 4.97. The van der Waals surface area contributed by atoms with Crippen LogP contribution in [-0.4, -0.2) is 23.0 Å². The number of primary amides is 1. The summed E-state index contributed by atoms with van der Waals surface area (Å²) in [6.07, 6.45) is 5.21. The number of amides is 1. The molecular weight excluding hydrogens is 413 g/mol. The lowest BCUT2D eigenvalue weighted by atomic mass is 10.00. The van der Waals surface area contributed by atoms with Crippen molar-refractivity contribution in [2.24, 2.45) is 5.73 Å². The third kappa shape index (κ3) is 3.59. The third-order valence-corrected chi connectivity index (χ3v) is 5.20. The van der Waals surface area contributed by atoms with Gasteiger partial charge in [-0.1, -0.05) is 11.6 Å². The van der Waals surface area contributed by atoms with Crippen molar-refractivity contribution in [2.45, 2.75) is 18.4 Å². The van der Waals surface area contributed by atoms with Crippen molar-refractivity contribution >= 4 is 23.3 Å². The Bertz CT molecular complexity index is 1150. The number of anilines is 1. The SMILES string of the molecule is COc1cnc(-c2cc(Cl)ccc2F)nc1NC1(c2cc[n+]([O-])cc2C(N)=O)CC1. The van der Waals surface area contributed by atoms with Gasteiger partial charge in [-0.15, -0.1) is 0 Å². The van der Waals surface area contributed by atoms with Gasteiger partial charge in [0.05, 0.1) is 24.4 Å². The van der Waals surface area contributed by atoms with Gasteiger partial charge in [-0.3, -0.25) is 4.79 Å². The molecule has 0 unspecified atom stereocenters. The second-order valence-corrected chi connectivity index (χ2v) is 7.37. The van der Waals surface area contributed by atoms with E-state index in [1.807, 2.05) is 0 Å². The number of nitrogens with zero attached hydrogens (tertiary/aromatic N) is 3. The minimum Gasteiger partial charge on any atom is -0.619 e. The number of aromatic nitrogens is 3. The van der Waals surface area contributed by atoms with Crippen molar-refractivity contribution in [1.82, 2.24) is 9.97 Å². The molecule has 0 radical (unpaired) electrons. The van der Waals surface area contributed by atoms with E-state index in [9.17, 15) is 14.4 Å². The first-order chi connectivity index (χ1) is 14.3. The minimum atomic E-state index is -0.709. The number of benzene rings is 1. The second kappa shape index (κ2) is 7.42. The first-order valence-corrected chi connectivity index (χ1v) is 9.38. The fourth-order valence-corrected chi connectivity index (χ4v) is 3.48. The zero-order chi connectivity index (χ0) is 21.5. The normalized spacial score (nSPS) is 14.2. The number of hydrogen-bond donors (Lipinski definition) is 2. The van der Waals surface area contributed by atoms with Gasteiger partial charge >= 0.3 is 0 Å². The van der Waals surface area contributed by atoms with E-state index < -0.39 is 17.3 Å². The van der Waals surface area contributed by atoms with Crippen LogP contribution in [-0.2, 0) is 5.54 Å². The number of rotatable bonds is 6. The number of carbonyl (C=O) groups excluding carboxylic acids is 1. The van der Waals surface area contributed by atoms with Crippen molar-refractivity contribution in [2.75, 3.05) is 12.4 Å². The number of nitrogens with one attached hydrogen (secondary N) is 1. The quantitative estimate of drug-likeness (QED) is 0.459. The molecular formula is C20H17ClFN5O3. The number of carbonyl (C=O) groups is 1. The molecule has 3 aromatic rings. The minimum absolute atomic E-state index is 0.117. The average Bonchev–Trinajstić information content (AvgIpc) is 3.50. The van der Waals surface area contributed by atoms with Gasteiger partial charge in [0.2, 0.25) is 0 Å². The Balaban J connectivity index is 1.76. The summed E-state index contributed by atoms with van der Waals surface area (Å²) in [4.78, 5) is 20.5. The molecule has 30 heavy (non-hydrogen) atoms. The first kappa shape index (κ1) is 19.8. The van der Waals surface area contributed by atoms with E-state index in [1.165, 1.54) is 37.7 Å². The van der Waals surface area contributed by atoms with Crippen molar-refractivity contribution in [1.29, 1.82) is 0 Å². The van der Waals surface area contributed by atoms with Crippen LogP contribution >= 0.6 is 11.6 Å². The molecule has 2 aromatic heterocycles. The molecule has 3 N–H and O–H groups in total. The average molecular weight is 430 g/mol. The number of hydrogen-bond acceptors (Lipinski definition) is 6. The standard InChI is InChI=1S/C20H17ClFN5O3/c1-30-16-9-24-18(12-8-11(21)2-3-15(12)22)25-19(16)26-20(5-6-20)14-4-7-27(29)10-13(14)17(23)28/h2-4,7-10H,5-6H2,1H3,(H2,23,28)(H,24,25,26). The molecule has 0 bridgehead atoms. The fraction of sp³-hybridized carbons (Fsp3) is 0.200. The van der Waals surface area contributed by atoms with E-state index in [1.54, 1.807) is 6.07 Å². The lowest BCUT2D eigenvalue weighted by Gasteiger charge is -2.21. The van der Waals surface area contributed by atoms with Gasteiger partial charge in [0, 0.05) is 16.7 Å². The molecule has 154 valence electrons. The molecule has 1 aliphatic rings. The van der Waals surface area contributed by atoms with E-state index in [2.05, 4.69) is 15.3 Å². The van der Waals surface area contributed by atoms with E-state index in [0.717, 1.165) is 6.20 Å². The van der Waals surface area contributed by atoms with Crippen molar-refractivity contribution in [3.63, 3.8) is 0 Å². The summed E-state index contributed by atoms with van der Waals surface area (Å²) in [5, 5.41) is 15.2. The van der Waals surface area contributed by atoms with Gasteiger partial charge in [-0.2, -0.15) is 4.73 Å². The second-order valence-electron chi connectivity index (χ2n) is 6.94. The molecule has 1 saturated carbocycles. The Labute approximate surface area is 176 Å². The van der Waals surface area contributed by atoms with Crippen LogP contribution in [0.1, 0.15) is 28.8 Å². The molecule has 0 atom stereocenters. The van der Waals surface area contributed by atoms with Gasteiger partial charge in [-0.05, 0) is 31.0 Å². The largest absolute Gasteiger partial charge is 0.619 e. The maximum absolute atomic E-state index is 14.3. The zero-order valence-corrected chi connectivity index (χ0v) is 16.6. The van der Waals surface area contributed by atoms with E-state index >= 15 is 0 Å². The Morgan fingerprint density at radius 2 is 2.17 bits per heavy atom. The summed E-state index contributed by atoms with van der Waals surface area (Å²) < 4.78 is 20.2. The van der Waals surface area contributed by atoms with Gasteiger partial charge in [0.15, 0.2) is 29.8 Å². The lowest BCUT2D eigenvalue weighted by molar-refractivity contribution is -0.605. The maximum atomic E-state index is 14.3. The van der Waals surface area contributed by atoms with E-state index in [-0.39, 0.29) is 17.0 Å². The summed E-state index contributed by atoms with van der Waals surface area (Å²) in [5.74, 6) is -0.457. The van der Waals surface area contributed by atoms with Crippen molar-refractivity contribution in [3.8, 4) is 17.1 Å². The molecule has 1 aromatic carbocycles. The summed E-state index contributed by atoms with van der Waals surface area (Å²) in [6, 6.07) is 5.66. The van der Waals surface area contributed by atoms with Crippen LogP contribution in [0.2, 0.25) is 5.02 Å². The predicted octanol–water partition coefficient (Wildman–Crippen LogP) is 2.78.